The van der Waals surface area contributed by atoms with Crippen LogP contribution in [0, 0.1) is 20.8 Å². The molecule has 0 spiro atoms. The second-order valence-electron chi connectivity index (χ2n) is 5.34. The van der Waals surface area contributed by atoms with Gasteiger partial charge in [0.25, 0.3) is 0 Å². The van der Waals surface area contributed by atoms with E-state index in [-0.39, 0.29) is 5.78 Å². The number of ketones is 1. The van der Waals surface area contributed by atoms with Crippen LogP contribution in [0.15, 0.2) is 48.7 Å². The monoisotopic (exact) mass is 295 g/mol. The Bertz CT molecular complexity index is 717. The van der Waals surface area contributed by atoms with Gasteiger partial charge in [0.05, 0.1) is 7.11 Å². The number of rotatable bonds is 5. The first-order valence-corrected chi connectivity index (χ1v) is 7.20. The largest absolute Gasteiger partial charge is 0.497 e. The summed E-state index contributed by atoms with van der Waals surface area (Å²) in [4.78, 5) is 12.3. The van der Waals surface area contributed by atoms with Crippen molar-refractivity contribution in [1.29, 1.82) is 0 Å². The van der Waals surface area contributed by atoms with Crippen molar-refractivity contribution < 1.29 is 9.53 Å². The summed E-state index contributed by atoms with van der Waals surface area (Å²) in [6.45, 7) is 5.93. The highest BCUT2D eigenvalue weighted by molar-refractivity contribution is 6.05. The molecule has 0 bridgehead atoms. The van der Waals surface area contributed by atoms with Gasteiger partial charge in [-0.25, -0.2) is 0 Å². The number of hydrogen-bond acceptors (Lipinski definition) is 3. The molecule has 0 fully saturated rings. The van der Waals surface area contributed by atoms with Gasteiger partial charge < -0.3 is 10.1 Å². The Morgan fingerprint density at radius 2 is 1.77 bits per heavy atom. The van der Waals surface area contributed by atoms with Crippen molar-refractivity contribution in [3.8, 4) is 5.75 Å². The van der Waals surface area contributed by atoms with Crippen LogP contribution in [-0.4, -0.2) is 12.9 Å². The molecule has 0 aliphatic rings. The predicted octanol–water partition coefficient (Wildman–Crippen LogP) is 4.43. The highest BCUT2D eigenvalue weighted by Gasteiger charge is 2.06. The highest BCUT2D eigenvalue weighted by Crippen LogP contribution is 2.21. The number of carbonyl (C=O) groups excluding carboxylic acids is 1. The Balaban J connectivity index is 2.12. The predicted molar refractivity (Wildman–Crippen MR) is 90.7 cm³/mol. The summed E-state index contributed by atoms with van der Waals surface area (Å²) in [6, 6.07) is 11.7. The van der Waals surface area contributed by atoms with Gasteiger partial charge in [-0.2, -0.15) is 0 Å². The Morgan fingerprint density at radius 1 is 1.05 bits per heavy atom. The molecule has 3 nitrogen and oxygen atoms in total. The lowest BCUT2D eigenvalue weighted by atomic mass is 10.0. The van der Waals surface area contributed by atoms with Crippen LogP contribution in [-0.2, 0) is 0 Å². The molecule has 0 radical (unpaired) electrons. The second kappa shape index (κ2) is 6.94. The summed E-state index contributed by atoms with van der Waals surface area (Å²) >= 11 is 0. The van der Waals surface area contributed by atoms with E-state index in [0.29, 0.717) is 0 Å². The maximum atomic E-state index is 12.3. The zero-order valence-corrected chi connectivity index (χ0v) is 13.4. The molecule has 22 heavy (non-hydrogen) atoms. The summed E-state index contributed by atoms with van der Waals surface area (Å²) in [6.07, 6.45) is 3.23. The van der Waals surface area contributed by atoms with Crippen molar-refractivity contribution in [3.05, 3.63) is 70.9 Å². The van der Waals surface area contributed by atoms with Crippen molar-refractivity contribution in [3.63, 3.8) is 0 Å². The van der Waals surface area contributed by atoms with Crippen LogP contribution in [0.3, 0.4) is 0 Å². The lowest BCUT2D eigenvalue weighted by Crippen LogP contribution is -2.00. The van der Waals surface area contributed by atoms with Crippen molar-refractivity contribution in [1.82, 2.24) is 0 Å². The minimum Gasteiger partial charge on any atom is -0.497 e. The van der Waals surface area contributed by atoms with E-state index in [9.17, 15) is 4.79 Å². The quantitative estimate of drug-likeness (QED) is 0.655. The SMILES string of the molecule is COc1ccc(C)c(N/C=C/C(=O)c2cc(C)ccc2C)c1. The smallest absolute Gasteiger partial charge is 0.187 e. The number of benzene rings is 2. The van der Waals surface area contributed by atoms with E-state index in [2.05, 4.69) is 5.32 Å². The van der Waals surface area contributed by atoms with Crippen LogP contribution >= 0.6 is 0 Å². The summed E-state index contributed by atoms with van der Waals surface area (Å²) in [5.74, 6) is 0.775. The van der Waals surface area contributed by atoms with Crippen molar-refractivity contribution in [2.75, 3.05) is 12.4 Å². The maximum Gasteiger partial charge on any atom is 0.187 e. The van der Waals surface area contributed by atoms with Crippen LogP contribution in [0.4, 0.5) is 5.69 Å². The molecule has 2 aromatic rings. The molecule has 0 saturated heterocycles. The van der Waals surface area contributed by atoms with Gasteiger partial charge in [0.1, 0.15) is 5.75 Å². The molecule has 114 valence electrons. The molecule has 0 unspecified atom stereocenters. The van der Waals surface area contributed by atoms with E-state index in [4.69, 9.17) is 4.74 Å². The number of anilines is 1. The fraction of sp³-hybridized carbons (Fsp3) is 0.211. The molecule has 0 heterocycles. The van der Waals surface area contributed by atoms with Gasteiger partial charge in [-0.05, 0) is 44.0 Å². The van der Waals surface area contributed by atoms with E-state index in [1.807, 2.05) is 57.2 Å². The first kappa shape index (κ1) is 15.8. The minimum atomic E-state index is -0.00532. The molecular formula is C19H21NO2. The number of hydrogen-bond donors (Lipinski definition) is 1. The Morgan fingerprint density at radius 3 is 2.50 bits per heavy atom. The first-order valence-electron chi connectivity index (χ1n) is 7.20. The van der Waals surface area contributed by atoms with Crippen LogP contribution in [0.1, 0.15) is 27.0 Å². The molecule has 3 heteroatoms. The molecule has 0 aliphatic heterocycles. The van der Waals surface area contributed by atoms with Gasteiger partial charge in [-0.1, -0.05) is 23.8 Å². The first-order chi connectivity index (χ1) is 10.5. The van der Waals surface area contributed by atoms with Crippen molar-refractivity contribution >= 4 is 11.5 Å². The minimum absolute atomic E-state index is 0.00532. The Hall–Kier alpha value is -2.55. The van der Waals surface area contributed by atoms with Crippen LogP contribution < -0.4 is 10.1 Å². The number of nitrogens with one attached hydrogen (secondary N) is 1. The standard InChI is InChI=1S/C19H21NO2/c1-13-5-6-14(2)17(11-13)19(21)9-10-20-18-12-16(22-4)8-7-15(18)3/h5-12,20H,1-4H3/b10-9+. The number of allylic oxidation sites excluding steroid dienone is 1. The molecule has 0 atom stereocenters. The van der Waals surface area contributed by atoms with E-state index < -0.39 is 0 Å². The fourth-order valence-electron chi connectivity index (χ4n) is 2.18. The molecule has 0 aliphatic carbocycles. The maximum absolute atomic E-state index is 12.3. The number of aryl methyl sites for hydroxylation is 3. The molecule has 0 saturated carbocycles. The Labute approximate surface area is 131 Å². The van der Waals surface area contributed by atoms with E-state index >= 15 is 0 Å². The van der Waals surface area contributed by atoms with Crippen LogP contribution in [0.5, 0.6) is 5.75 Å². The summed E-state index contributed by atoms with van der Waals surface area (Å²) in [5, 5.41) is 3.14. The third kappa shape index (κ3) is 3.76. The van der Waals surface area contributed by atoms with Gasteiger partial charge in [0.2, 0.25) is 0 Å². The van der Waals surface area contributed by atoms with E-state index in [1.165, 1.54) is 0 Å². The molecule has 2 rings (SSSR count). The second-order valence-corrected chi connectivity index (χ2v) is 5.34. The lowest BCUT2D eigenvalue weighted by molar-refractivity contribution is 0.104. The topological polar surface area (TPSA) is 38.3 Å². The van der Waals surface area contributed by atoms with Crippen LogP contribution in [0.2, 0.25) is 0 Å². The molecule has 1 N–H and O–H groups in total. The number of methoxy groups -OCH3 is 1. The zero-order chi connectivity index (χ0) is 16.1. The normalized spacial score (nSPS) is 10.7. The molecular weight excluding hydrogens is 274 g/mol. The van der Waals surface area contributed by atoms with Crippen molar-refractivity contribution in [2.45, 2.75) is 20.8 Å². The average molecular weight is 295 g/mol. The highest BCUT2D eigenvalue weighted by atomic mass is 16.5. The fourth-order valence-corrected chi connectivity index (χ4v) is 2.18. The summed E-state index contributed by atoms with van der Waals surface area (Å²) in [7, 11) is 1.63. The number of ether oxygens (including phenoxy) is 1. The van der Waals surface area contributed by atoms with Gasteiger partial charge >= 0.3 is 0 Å². The van der Waals surface area contributed by atoms with Gasteiger partial charge in [-0.15, -0.1) is 0 Å². The van der Waals surface area contributed by atoms with E-state index in [1.54, 1.807) is 19.4 Å². The zero-order valence-electron chi connectivity index (χ0n) is 13.4. The van der Waals surface area contributed by atoms with Gasteiger partial charge in [0.15, 0.2) is 5.78 Å². The molecule has 2 aromatic carbocycles. The third-order valence-electron chi connectivity index (χ3n) is 3.58. The molecule has 0 amide bonds. The van der Waals surface area contributed by atoms with Gasteiger partial charge in [-0.3, -0.25) is 4.79 Å². The van der Waals surface area contributed by atoms with Gasteiger partial charge in [0, 0.05) is 29.6 Å². The lowest BCUT2D eigenvalue weighted by Gasteiger charge is -2.08. The Kier molecular flexibility index (Phi) is 4.99. The summed E-state index contributed by atoms with van der Waals surface area (Å²) in [5.41, 5.74) is 4.81. The third-order valence-corrected chi connectivity index (χ3v) is 3.58. The summed E-state index contributed by atoms with van der Waals surface area (Å²) < 4.78 is 5.20. The number of carbonyl (C=O) groups is 1. The van der Waals surface area contributed by atoms with E-state index in [0.717, 1.165) is 33.7 Å². The molecule has 0 aromatic heterocycles. The average Bonchev–Trinajstić information content (AvgIpc) is 2.51. The van der Waals surface area contributed by atoms with Crippen molar-refractivity contribution in [2.24, 2.45) is 0 Å². The van der Waals surface area contributed by atoms with Crippen LogP contribution in [0.25, 0.3) is 0 Å².